The molecule has 104 valence electrons. The molecule has 2 aliphatic rings. The van der Waals surface area contributed by atoms with Gasteiger partial charge in [-0.15, -0.1) is 0 Å². The molecule has 1 atom stereocenters. The average Bonchev–Trinajstić information content (AvgIpc) is 2.51. The largest absolute Gasteiger partial charge is 0.314 e. The van der Waals surface area contributed by atoms with Gasteiger partial charge in [0.15, 0.2) is 0 Å². The summed E-state index contributed by atoms with van der Waals surface area (Å²) in [6, 6.07) is 11.8. The molecule has 2 aliphatic heterocycles. The summed E-state index contributed by atoms with van der Waals surface area (Å²) in [5.74, 6) is 3.54. The van der Waals surface area contributed by atoms with Crippen LogP contribution < -0.4 is 5.32 Å². The van der Waals surface area contributed by atoms with Crippen molar-refractivity contribution in [1.29, 1.82) is 0 Å². The van der Waals surface area contributed by atoms with Gasteiger partial charge in [-0.25, -0.2) is 0 Å². The Kier molecular flexibility index (Phi) is 4.81. The Hall–Kier alpha value is -0.510. The Labute approximate surface area is 121 Å². The van der Waals surface area contributed by atoms with Crippen LogP contribution in [0.3, 0.4) is 0 Å². The highest BCUT2D eigenvalue weighted by atomic mass is 32.2. The number of piperazine rings is 1. The van der Waals surface area contributed by atoms with Gasteiger partial charge >= 0.3 is 0 Å². The third kappa shape index (κ3) is 3.33. The van der Waals surface area contributed by atoms with Gasteiger partial charge in [-0.05, 0) is 35.8 Å². The van der Waals surface area contributed by atoms with Gasteiger partial charge in [0.1, 0.15) is 0 Å². The Morgan fingerprint density at radius 1 is 1.05 bits per heavy atom. The second-order valence-corrected chi connectivity index (χ2v) is 6.82. The van der Waals surface area contributed by atoms with Crippen molar-refractivity contribution in [3.05, 3.63) is 35.9 Å². The molecule has 2 fully saturated rings. The highest BCUT2D eigenvalue weighted by molar-refractivity contribution is 7.99. The van der Waals surface area contributed by atoms with Gasteiger partial charge in [-0.1, -0.05) is 30.3 Å². The van der Waals surface area contributed by atoms with Gasteiger partial charge in [0.2, 0.25) is 0 Å². The molecule has 0 aromatic heterocycles. The van der Waals surface area contributed by atoms with Crippen LogP contribution in [0.5, 0.6) is 0 Å². The fourth-order valence-corrected chi connectivity index (χ4v) is 4.57. The lowest BCUT2D eigenvalue weighted by atomic mass is 9.87. The number of benzene rings is 1. The summed E-state index contributed by atoms with van der Waals surface area (Å²) in [6.45, 7) is 4.68. The van der Waals surface area contributed by atoms with Crippen molar-refractivity contribution in [3.8, 4) is 0 Å². The van der Waals surface area contributed by atoms with Crippen molar-refractivity contribution >= 4 is 11.8 Å². The molecule has 1 N–H and O–H groups in total. The summed E-state index contributed by atoms with van der Waals surface area (Å²) >= 11 is 2.13. The third-order valence-electron chi connectivity index (χ3n) is 4.40. The predicted molar refractivity (Wildman–Crippen MR) is 83.7 cm³/mol. The lowest BCUT2D eigenvalue weighted by Crippen LogP contribution is -2.47. The van der Waals surface area contributed by atoms with E-state index >= 15 is 0 Å². The first-order chi connectivity index (χ1) is 9.45. The SMILES string of the molecule is c1ccc([C@@H](C2CCSCC2)N2CCNCC2)cc1. The third-order valence-corrected chi connectivity index (χ3v) is 5.45. The summed E-state index contributed by atoms with van der Waals surface area (Å²) in [6.07, 6.45) is 2.77. The minimum atomic E-state index is 0.643. The zero-order valence-corrected chi connectivity index (χ0v) is 12.4. The van der Waals surface area contributed by atoms with Crippen LogP contribution in [0.25, 0.3) is 0 Å². The predicted octanol–water partition coefficient (Wildman–Crippen LogP) is 2.78. The molecule has 2 nitrogen and oxygen atoms in total. The Balaban J connectivity index is 1.81. The maximum absolute atomic E-state index is 3.48. The number of nitrogens with zero attached hydrogens (tertiary/aromatic N) is 1. The fraction of sp³-hybridized carbons (Fsp3) is 0.625. The van der Waals surface area contributed by atoms with Crippen molar-refractivity contribution in [2.75, 3.05) is 37.7 Å². The Morgan fingerprint density at radius 3 is 2.42 bits per heavy atom. The summed E-state index contributed by atoms with van der Waals surface area (Å²) in [7, 11) is 0. The van der Waals surface area contributed by atoms with Crippen molar-refractivity contribution < 1.29 is 0 Å². The number of hydrogen-bond donors (Lipinski definition) is 1. The van der Waals surface area contributed by atoms with E-state index in [4.69, 9.17) is 0 Å². The van der Waals surface area contributed by atoms with Crippen LogP contribution in [0.1, 0.15) is 24.4 Å². The second-order valence-electron chi connectivity index (χ2n) is 5.59. The van der Waals surface area contributed by atoms with E-state index in [1.165, 1.54) is 43.0 Å². The van der Waals surface area contributed by atoms with Crippen LogP contribution in [0, 0.1) is 5.92 Å². The number of nitrogens with one attached hydrogen (secondary N) is 1. The van der Waals surface area contributed by atoms with Crippen LogP contribution in [0.4, 0.5) is 0 Å². The summed E-state index contributed by atoms with van der Waals surface area (Å²) < 4.78 is 0. The topological polar surface area (TPSA) is 15.3 Å². The molecule has 0 amide bonds. The Bertz CT molecular complexity index is 352. The molecular formula is C16H24N2S. The zero-order chi connectivity index (χ0) is 12.9. The highest BCUT2D eigenvalue weighted by Crippen LogP contribution is 2.37. The van der Waals surface area contributed by atoms with E-state index < -0.39 is 0 Å². The first-order valence-electron chi connectivity index (χ1n) is 7.52. The molecule has 2 heterocycles. The molecule has 0 unspecified atom stereocenters. The van der Waals surface area contributed by atoms with E-state index in [1.54, 1.807) is 0 Å². The first kappa shape index (κ1) is 13.5. The van der Waals surface area contributed by atoms with Crippen molar-refractivity contribution in [2.24, 2.45) is 5.92 Å². The van der Waals surface area contributed by atoms with Crippen molar-refractivity contribution in [1.82, 2.24) is 10.2 Å². The molecule has 1 aromatic carbocycles. The minimum absolute atomic E-state index is 0.643. The van der Waals surface area contributed by atoms with Crippen molar-refractivity contribution in [3.63, 3.8) is 0 Å². The minimum Gasteiger partial charge on any atom is -0.314 e. The lowest BCUT2D eigenvalue weighted by Gasteiger charge is -2.41. The van der Waals surface area contributed by atoms with E-state index in [0.717, 1.165) is 19.0 Å². The first-order valence-corrected chi connectivity index (χ1v) is 8.68. The number of thioether (sulfide) groups is 1. The smallest absolute Gasteiger partial charge is 0.0377 e. The van der Waals surface area contributed by atoms with E-state index in [9.17, 15) is 0 Å². The van der Waals surface area contributed by atoms with E-state index in [2.05, 4.69) is 52.3 Å². The molecule has 19 heavy (non-hydrogen) atoms. The molecule has 0 radical (unpaired) electrons. The molecule has 3 rings (SSSR count). The van der Waals surface area contributed by atoms with Gasteiger partial charge in [0, 0.05) is 32.2 Å². The van der Waals surface area contributed by atoms with Crippen LogP contribution in [0.15, 0.2) is 30.3 Å². The van der Waals surface area contributed by atoms with Crippen LogP contribution >= 0.6 is 11.8 Å². The van der Waals surface area contributed by atoms with Crippen LogP contribution in [-0.4, -0.2) is 42.6 Å². The van der Waals surface area contributed by atoms with Gasteiger partial charge in [-0.3, -0.25) is 4.90 Å². The van der Waals surface area contributed by atoms with Gasteiger partial charge in [0.25, 0.3) is 0 Å². The summed E-state index contributed by atoms with van der Waals surface area (Å²) in [5.41, 5.74) is 1.53. The van der Waals surface area contributed by atoms with Gasteiger partial charge < -0.3 is 5.32 Å². The molecule has 0 bridgehead atoms. The standard InChI is InChI=1S/C16H24N2S/c1-2-4-14(5-3-1)16(15-6-12-19-13-7-15)18-10-8-17-9-11-18/h1-5,15-17H,6-13H2/t16-/m0/s1. The molecule has 0 aliphatic carbocycles. The zero-order valence-electron chi connectivity index (χ0n) is 11.6. The van der Waals surface area contributed by atoms with Crippen LogP contribution in [0.2, 0.25) is 0 Å². The molecule has 3 heteroatoms. The fourth-order valence-electron chi connectivity index (χ4n) is 3.42. The monoisotopic (exact) mass is 276 g/mol. The van der Waals surface area contributed by atoms with E-state index in [1.807, 2.05) is 0 Å². The maximum Gasteiger partial charge on any atom is 0.0377 e. The number of rotatable bonds is 3. The lowest BCUT2D eigenvalue weighted by molar-refractivity contribution is 0.119. The van der Waals surface area contributed by atoms with Crippen LogP contribution in [-0.2, 0) is 0 Å². The Morgan fingerprint density at radius 2 is 1.74 bits per heavy atom. The maximum atomic E-state index is 3.48. The molecular weight excluding hydrogens is 252 g/mol. The highest BCUT2D eigenvalue weighted by Gasteiger charge is 2.30. The summed E-state index contributed by atoms with van der Waals surface area (Å²) in [5, 5.41) is 3.48. The molecule has 1 aromatic rings. The van der Waals surface area contributed by atoms with Gasteiger partial charge in [0.05, 0.1) is 0 Å². The normalized spacial score (nSPS) is 24.2. The van der Waals surface area contributed by atoms with E-state index in [0.29, 0.717) is 6.04 Å². The average molecular weight is 276 g/mol. The summed E-state index contributed by atoms with van der Waals surface area (Å²) in [4.78, 5) is 2.71. The molecule has 0 spiro atoms. The molecule has 0 saturated carbocycles. The van der Waals surface area contributed by atoms with Gasteiger partial charge in [-0.2, -0.15) is 11.8 Å². The quantitative estimate of drug-likeness (QED) is 0.914. The second kappa shape index (κ2) is 6.78. The van der Waals surface area contributed by atoms with E-state index in [-0.39, 0.29) is 0 Å². The number of hydrogen-bond acceptors (Lipinski definition) is 3. The molecule has 2 saturated heterocycles. The van der Waals surface area contributed by atoms with Crippen molar-refractivity contribution in [2.45, 2.75) is 18.9 Å².